The number of nitrogens with zero attached hydrogens (tertiary/aromatic N) is 2. The highest BCUT2D eigenvalue weighted by atomic mass is 31.2. The molecule has 1 aromatic rings. The molecule has 10 N–H and O–H groups in total. The van der Waals surface area contributed by atoms with Gasteiger partial charge in [-0.2, -0.15) is 0 Å². The van der Waals surface area contributed by atoms with Crippen molar-refractivity contribution in [1.82, 2.24) is 15.2 Å². The average Bonchev–Trinajstić information content (AvgIpc) is 3.83. The van der Waals surface area contributed by atoms with Crippen molar-refractivity contribution in [2.75, 3.05) is 41.5 Å². The van der Waals surface area contributed by atoms with Crippen molar-refractivity contribution in [2.24, 2.45) is 28.9 Å². The Morgan fingerprint density at radius 1 is 1.06 bits per heavy atom. The Kier molecular flexibility index (Phi) is 23.7. The maximum absolute atomic E-state index is 12.6. The zero-order valence-corrected chi connectivity index (χ0v) is 44.6. The van der Waals surface area contributed by atoms with Crippen molar-refractivity contribution in [3.8, 4) is 0 Å². The molecule has 20 nitrogen and oxygen atoms in total. The third-order valence-corrected chi connectivity index (χ3v) is 14.6. The van der Waals surface area contributed by atoms with Crippen LogP contribution >= 0.6 is 7.82 Å². The number of nitrogens with one attached hydrogen (secondary N) is 1. The predicted octanol–water partition coefficient (Wildman–Crippen LogP) is 3.65. The zero-order chi connectivity index (χ0) is 53.8. The number of aliphatic hydroxyl groups is 5. The van der Waals surface area contributed by atoms with Crippen LogP contribution in [0.3, 0.4) is 0 Å². The smallest absolute Gasteiger partial charge is 0.448 e. The molecule has 2 amide bonds. The Morgan fingerprint density at radius 2 is 1.72 bits per heavy atom. The van der Waals surface area contributed by atoms with Crippen molar-refractivity contribution in [3.63, 3.8) is 0 Å². The van der Waals surface area contributed by atoms with Gasteiger partial charge in [0.15, 0.2) is 17.8 Å². The first-order valence-electron chi connectivity index (χ1n) is 24.1. The van der Waals surface area contributed by atoms with Crippen molar-refractivity contribution < 1.29 is 77.4 Å². The number of oxazole rings is 1. The number of ether oxygens (including phenoxy) is 4. The first kappa shape index (κ1) is 61.9. The van der Waals surface area contributed by atoms with Gasteiger partial charge in [-0.15, -0.1) is 0 Å². The number of aliphatic hydroxyl groups excluding tert-OH is 5. The van der Waals surface area contributed by atoms with E-state index < -0.39 is 110 Å². The number of carbonyl (C=O) groups excluding carboxylic acids is 2. The van der Waals surface area contributed by atoms with Crippen molar-refractivity contribution >= 4 is 25.7 Å². The number of amides is 2. The van der Waals surface area contributed by atoms with E-state index in [1.807, 2.05) is 46.8 Å². The van der Waals surface area contributed by atoms with Gasteiger partial charge < -0.3 is 74.6 Å². The highest BCUT2D eigenvalue weighted by Gasteiger charge is 2.68. The van der Waals surface area contributed by atoms with Crippen LogP contribution in [0, 0.1) is 23.2 Å². The molecule has 71 heavy (non-hydrogen) atoms. The summed E-state index contributed by atoms with van der Waals surface area (Å²) >= 11 is 0. The monoisotopic (exact) mass is 1030 g/mol. The maximum Gasteiger partial charge on any atom is 0.469 e. The number of phosphoric ester groups is 1. The number of carbonyl (C=O) groups is 2. The Labute approximate surface area is 419 Å². The van der Waals surface area contributed by atoms with E-state index in [9.17, 15) is 49.5 Å². The van der Waals surface area contributed by atoms with E-state index in [4.69, 9.17) is 33.6 Å². The highest BCUT2D eigenvalue weighted by Crippen LogP contribution is 2.59. The van der Waals surface area contributed by atoms with Gasteiger partial charge >= 0.3 is 7.82 Å². The topological polar surface area (TPSA) is 306 Å². The first-order valence-corrected chi connectivity index (χ1v) is 25.6. The van der Waals surface area contributed by atoms with E-state index in [-0.39, 0.29) is 38.3 Å². The molecule has 1 aromatic heterocycles. The molecule has 0 radical (unpaired) electrons. The van der Waals surface area contributed by atoms with E-state index in [0.29, 0.717) is 23.6 Å². The summed E-state index contributed by atoms with van der Waals surface area (Å²) in [6.45, 7) is 16.4. The Morgan fingerprint density at radius 3 is 2.31 bits per heavy atom. The average molecular weight is 1030 g/mol. The summed E-state index contributed by atoms with van der Waals surface area (Å²) < 4.78 is 48.2. The lowest BCUT2D eigenvalue weighted by Crippen LogP contribution is -2.58. The summed E-state index contributed by atoms with van der Waals surface area (Å²) in [6.07, 6.45) is 3.69. The molecule has 0 saturated carbocycles. The fourth-order valence-electron chi connectivity index (χ4n) is 9.09. The number of likely N-dealkylation sites (N-methyl/N-ethyl adjacent to an activating group) is 1. The van der Waals surface area contributed by atoms with Crippen LogP contribution in [0.25, 0.3) is 6.08 Å². The Hall–Kier alpha value is -3.44. The van der Waals surface area contributed by atoms with Gasteiger partial charge in [-0.25, -0.2) is 9.55 Å². The molecule has 1 spiro atoms. The predicted molar refractivity (Wildman–Crippen MR) is 266 cm³/mol. The van der Waals surface area contributed by atoms with Gasteiger partial charge in [-0.1, -0.05) is 77.5 Å². The van der Waals surface area contributed by atoms with Gasteiger partial charge in [0.25, 0.3) is 5.91 Å². The van der Waals surface area contributed by atoms with Gasteiger partial charge in [-0.3, -0.25) is 14.1 Å². The quantitative estimate of drug-likeness (QED) is 0.0345. The van der Waals surface area contributed by atoms with Gasteiger partial charge in [-0.05, 0) is 64.9 Å². The van der Waals surface area contributed by atoms with Crippen LogP contribution in [0.2, 0.25) is 0 Å². The van der Waals surface area contributed by atoms with Crippen LogP contribution < -0.4 is 11.1 Å². The molecule has 2 unspecified atom stereocenters. The summed E-state index contributed by atoms with van der Waals surface area (Å²) in [7, 11) is 1.10. The molecule has 15 atom stereocenters. The molecular formula is C50H83N4O16P. The maximum atomic E-state index is 12.6. The molecule has 2 fully saturated rings. The molecule has 0 aliphatic carbocycles. The van der Waals surface area contributed by atoms with Gasteiger partial charge in [0.05, 0.1) is 43.2 Å². The van der Waals surface area contributed by atoms with E-state index in [1.54, 1.807) is 71.0 Å². The second kappa shape index (κ2) is 27.2. The van der Waals surface area contributed by atoms with Crippen LogP contribution in [0.4, 0.5) is 0 Å². The first-order chi connectivity index (χ1) is 33.0. The van der Waals surface area contributed by atoms with Crippen LogP contribution in [0.1, 0.15) is 105 Å². The number of nitrogens with two attached hydrogens (primary N) is 1. The lowest BCUT2D eigenvalue weighted by atomic mass is 9.72. The van der Waals surface area contributed by atoms with Crippen LogP contribution in [0.15, 0.2) is 63.9 Å². The van der Waals surface area contributed by atoms with Crippen molar-refractivity contribution in [2.45, 2.75) is 161 Å². The summed E-state index contributed by atoms with van der Waals surface area (Å²) in [5.74, 6) is -4.23. The molecule has 2 aliphatic rings. The number of allylic oxidation sites excluding steroid dienone is 6. The highest BCUT2D eigenvalue weighted by molar-refractivity contribution is 7.46. The normalized spacial score (nSPS) is 27.5. The van der Waals surface area contributed by atoms with Crippen molar-refractivity contribution in [1.29, 1.82) is 0 Å². The van der Waals surface area contributed by atoms with E-state index in [1.165, 1.54) is 26.6 Å². The molecule has 2 aliphatic heterocycles. The lowest BCUT2D eigenvalue weighted by Gasteiger charge is -2.50. The number of primary amides is 1. The number of aromatic nitrogens is 1. The Balaban J connectivity index is 1.74. The van der Waals surface area contributed by atoms with E-state index in [0.717, 1.165) is 11.1 Å². The number of hydrogen-bond acceptors (Lipinski definition) is 16. The molecular weight excluding hydrogens is 944 g/mol. The third kappa shape index (κ3) is 17.0. The Bertz CT molecular complexity index is 2080. The van der Waals surface area contributed by atoms with Gasteiger partial charge in [0.1, 0.15) is 30.3 Å². The summed E-state index contributed by atoms with van der Waals surface area (Å²) in [4.78, 5) is 50.4. The van der Waals surface area contributed by atoms with Crippen molar-refractivity contribution in [3.05, 3.63) is 71.0 Å². The molecule has 2 saturated heterocycles. The van der Waals surface area contributed by atoms with Gasteiger partial charge in [0.2, 0.25) is 5.91 Å². The molecule has 3 heterocycles. The van der Waals surface area contributed by atoms with E-state index in [2.05, 4.69) is 10.3 Å². The number of rotatable bonds is 27. The molecule has 0 bridgehead atoms. The second-order valence-electron chi connectivity index (χ2n) is 20.1. The molecule has 0 aromatic carbocycles. The largest absolute Gasteiger partial charge is 0.469 e. The fraction of sp³-hybridized carbons (Fsp3) is 0.700. The second-order valence-corrected chi connectivity index (χ2v) is 21.3. The molecule has 3 rings (SSSR count). The lowest BCUT2D eigenvalue weighted by molar-refractivity contribution is -0.334. The minimum Gasteiger partial charge on any atom is -0.448 e. The minimum atomic E-state index is -5.16. The standard InChI is InChI=1S/C50H83N4O16P/c1-28(22-41(51)57)16-14-17-29(2)31(4)23-32(5)42(58)34(7)37(55)24-40(66-13)45-46(70-71(62,63)64)49(8,9)50(69-45)25-38(56)33(6)39(68-50)19-15-18-35-26-67-48(53-35)30(3)20-21-52-47(61)44(60)43(59)36(27-65-12)54(10)11/h14-18,22-23,26,30,32-34,36-40,42-46,55-56,58-60H,19-21,24-25,27H2,1-13H3,(H2,51,57)(H,52,61)(H2,62,63,64)/b16-14+,18-15+,28-22+,29-17-,31-23+/t30-,32+,33-,34-,36-,37-,38+,39?,40-,42+,43-,44-,45+,46-,50?/m0/s1. The minimum absolute atomic E-state index is 0.0709. The molecule has 21 heteroatoms. The number of methoxy groups -OCH3 is 2. The van der Waals surface area contributed by atoms with Crippen LogP contribution in [0.5, 0.6) is 0 Å². The van der Waals surface area contributed by atoms with E-state index >= 15 is 0 Å². The SMILES string of the molecule is COC[C@@H]([C@H](O)[C@H](O)C(=O)NCC[C@H](C)c1nc(/C=C/CC2OC3(C[C@@H](O)[C@@H]2C)O[C@H]([C@H](C[C@H](O)[C@H](C)[C@H](O)[C@H](C)/C=C(C)/C(C)=C\C=C\C(C)=C\C(N)=O)OC)[C@H](OP(=O)(O)O)C3(C)C)co1)N(C)C. The zero-order valence-electron chi connectivity index (χ0n) is 43.7. The number of phosphoric acid groups is 1. The van der Waals surface area contributed by atoms with Gasteiger partial charge in [0, 0.05) is 68.8 Å². The van der Waals surface area contributed by atoms with Crippen LogP contribution in [-0.2, 0) is 37.6 Å². The van der Waals surface area contributed by atoms with Crippen LogP contribution in [-0.4, -0.2) is 165 Å². The third-order valence-electron chi connectivity index (χ3n) is 14.1. The summed E-state index contributed by atoms with van der Waals surface area (Å²) in [6, 6.07) is -0.597. The summed E-state index contributed by atoms with van der Waals surface area (Å²) in [5.41, 5.74) is 6.90. The summed E-state index contributed by atoms with van der Waals surface area (Å²) in [5, 5.41) is 58.3. The molecule has 404 valence electrons. The fourth-order valence-corrected chi connectivity index (χ4v) is 9.77. The number of hydrogen-bond donors (Lipinski definition) is 9.